The fourth-order valence-corrected chi connectivity index (χ4v) is 5.89. The van der Waals surface area contributed by atoms with Crippen molar-refractivity contribution in [1.29, 1.82) is 0 Å². The molecule has 140 valence electrons. The molecule has 1 aliphatic heterocycles. The zero-order valence-corrected chi connectivity index (χ0v) is 16.2. The lowest BCUT2D eigenvalue weighted by molar-refractivity contribution is -0.937. The molecule has 4 atom stereocenters. The summed E-state index contributed by atoms with van der Waals surface area (Å²) in [5.41, 5.74) is 6.72. The minimum absolute atomic E-state index is 0.00763. The number of nitrogens with zero attached hydrogens (tertiary/aromatic N) is 1. The third-order valence-electron chi connectivity index (χ3n) is 6.17. The van der Waals surface area contributed by atoms with E-state index in [1.54, 1.807) is 11.3 Å². The Morgan fingerprint density at radius 2 is 2.23 bits per heavy atom. The molecule has 3 heterocycles. The molecule has 0 saturated carbocycles. The minimum atomic E-state index is -0.216. The van der Waals surface area contributed by atoms with Crippen LogP contribution in [0.15, 0.2) is 4.79 Å². The predicted octanol–water partition coefficient (Wildman–Crippen LogP) is 0.951. The largest absolute Gasteiger partial charge is 0.369 e. The SMILES string of the molecule is C[C@H]1CCc2c(sc3nc([C@H](C)[NH+]4CCC[C@H](C(N)=O)C4)[nH]c(=O)c23)C1. The summed E-state index contributed by atoms with van der Waals surface area (Å²) in [7, 11) is 0. The Morgan fingerprint density at radius 3 is 3.00 bits per heavy atom. The van der Waals surface area contributed by atoms with Gasteiger partial charge in [-0.05, 0) is 50.5 Å². The van der Waals surface area contributed by atoms with Gasteiger partial charge in [0.25, 0.3) is 5.56 Å². The van der Waals surface area contributed by atoms with Crippen LogP contribution in [0.25, 0.3) is 10.2 Å². The Morgan fingerprint density at radius 1 is 1.42 bits per heavy atom. The minimum Gasteiger partial charge on any atom is -0.369 e. The number of fused-ring (bicyclic) bond motifs is 3. The molecule has 7 heteroatoms. The third kappa shape index (κ3) is 3.07. The highest BCUT2D eigenvalue weighted by Crippen LogP contribution is 2.35. The van der Waals surface area contributed by atoms with Gasteiger partial charge in [-0.25, -0.2) is 4.98 Å². The van der Waals surface area contributed by atoms with E-state index >= 15 is 0 Å². The normalized spacial score (nSPS) is 27.2. The number of carbonyl (C=O) groups is 1. The van der Waals surface area contributed by atoms with Crippen molar-refractivity contribution in [3.05, 3.63) is 26.6 Å². The fraction of sp³-hybridized carbons (Fsp3) is 0.632. The number of likely N-dealkylation sites (tertiary alicyclic amines) is 1. The molecule has 4 rings (SSSR count). The van der Waals surface area contributed by atoms with Crippen molar-refractivity contribution in [1.82, 2.24) is 9.97 Å². The standard InChI is InChI=1S/C19H26N4O2S/c1-10-5-6-13-14(8-10)26-19-15(13)18(25)21-17(22-19)11(2)23-7-3-4-12(9-23)16(20)24/h10-12H,3-9H2,1-2H3,(H2,20,24)(H,21,22,25)/p+1/t10-,11-,12-/m0/s1. The van der Waals surface area contributed by atoms with Gasteiger partial charge in [0.2, 0.25) is 5.91 Å². The van der Waals surface area contributed by atoms with Gasteiger partial charge in [-0.1, -0.05) is 6.92 Å². The van der Waals surface area contributed by atoms with E-state index < -0.39 is 0 Å². The number of carbonyl (C=O) groups excluding carboxylic acids is 1. The maximum absolute atomic E-state index is 12.8. The number of amides is 1. The lowest BCUT2D eigenvalue weighted by Gasteiger charge is -2.32. The monoisotopic (exact) mass is 375 g/mol. The summed E-state index contributed by atoms with van der Waals surface area (Å²) >= 11 is 1.69. The van der Waals surface area contributed by atoms with Crippen LogP contribution in [0.4, 0.5) is 0 Å². The average Bonchev–Trinajstić information content (AvgIpc) is 2.98. The highest BCUT2D eigenvalue weighted by Gasteiger charge is 2.32. The Hall–Kier alpha value is -1.73. The predicted molar refractivity (Wildman–Crippen MR) is 102 cm³/mol. The molecule has 1 unspecified atom stereocenters. The van der Waals surface area contributed by atoms with Crippen molar-refractivity contribution < 1.29 is 9.69 Å². The van der Waals surface area contributed by atoms with Crippen LogP contribution < -0.4 is 16.2 Å². The molecule has 1 aliphatic carbocycles. The molecular weight excluding hydrogens is 348 g/mol. The molecule has 2 aromatic heterocycles. The van der Waals surface area contributed by atoms with E-state index in [0.717, 1.165) is 61.2 Å². The smallest absolute Gasteiger partial charge is 0.260 e. The first-order valence-corrected chi connectivity index (χ1v) is 10.4. The van der Waals surface area contributed by atoms with Crippen molar-refractivity contribution in [3.8, 4) is 0 Å². The number of rotatable bonds is 3. The van der Waals surface area contributed by atoms with Crippen molar-refractivity contribution in [2.75, 3.05) is 13.1 Å². The van der Waals surface area contributed by atoms with Gasteiger partial charge >= 0.3 is 0 Å². The number of H-pyrrole nitrogens is 1. The van der Waals surface area contributed by atoms with Gasteiger partial charge in [0, 0.05) is 4.88 Å². The zero-order valence-electron chi connectivity index (χ0n) is 15.4. The highest BCUT2D eigenvalue weighted by atomic mass is 32.1. The van der Waals surface area contributed by atoms with Gasteiger partial charge < -0.3 is 15.6 Å². The van der Waals surface area contributed by atoms with Gasteiger partial charge in [-0.15, -0.1) is 11.3 Å². The van der Waals surface area contributed by atoms with E-state index in [2.05, 4.69) is 18.8 Å². The zero-order chi connectivity index (χ0) is 18.4. The second-order valence-corrected chi connectivity index (χ2v) is 9.14. The first kappa shape index (κ1) is 17.7. The maximum Gasteiger partial charge on any atom is 0.260 e. The van der Waals surface area contributed by atoms with Crippen LogP contribution in [0.3, 0.4) is 0 Å². The van der Waals surface area contributed by atoms with Crippen LogP contribution >= 0.6 is 11.3 Å². The van der Waals surface area contributed by atoms with E-state index in [9.17, 15) is 9.59 Å². The summed E-state index contributed by atoms with van der Waals surface area (Å²) in [5.74, 6) is 1.12. The first-order chi connectivity index (χ1) is 12.4. The van der Waals surface area contributed by atoms with Crippen LogP contribution in [0.2, 0.25) is 0 Å². The number of nitrogens with two attached hydrogens (primary N) is 1. The Balaban J connectivity index is 1.67. The van der Waals surface area contributed by atoms with Gasteiger partial charge in [0.05, 0.1) is 24.4 Å². The molecular formula is C19H27N4O2S+. The first-order valence-electron chi connectivity index (χ1n) is 9.62. The number of piperidine rings is 1. The number of hydrogen-bond acceptors (Lipinski definition) is 4. The summed E-state index contributed by atoms with van der Waals surface area (Å²) in [6.45, 7) is 6.05. The average molecular weight is 376 g/mol. The summed E-state index contributed by atoms with van der Waals surface area (Å²) < 4.78 is 0. The molecule has 0 spiro atoms. The maximum atomic E-state index is 12.8. The molecule has 0 bridgehead atoms. The number of aromatic amines is 1. The van der Waals surface area contributed by atoms with Gasteiger partial charge in [0.1, 0.15) is 10.9 Å². The topological polar surface area (TPSA) is 93.3 Å². The molecule has 0 radical (unpaired) electrons. The van der Waals surface area contributed by atoms with Crippen molar-refractivity contribution in [2.45, 2.75) is 52.0 Å². The number of nitrogens with one attached hydrogen (secondary N) is 2. The molecule has 1 saturated heterocycles. The molecule has 2 aliphatic rings. The van der Waals surface area contributed by atoms with Crippen LogP contribution in [0.1, 0.15) is 55.4 Å². The van der Waals surface area contributed by atoms with Gasteiger partial charge in [-0.3, -0.25) is 9.59 Å². The van der Waals surface area contributed by atoms with Crippen molar-refractivity contribution >= 4 is 27.5 Å². The van der Waals surface area contributed by atoms with Crippen LogP contribution in [-0.4, -0.2) is 29.0 Å². The van der Waals surface area contributed by atoms with Crippen LogP contribution in [0.5, 0.6) is 0 Å². The molecule has 0 aromatic carbocycles. The van der Waals surface area contributed by atoms with Gasteiger partial charge in [0.15, 0.2) is 5.82 Å². The lowest BCUT2D eigenvalue weighted by Crippen LogP contribution is -3.13. The summed E-state index contributed by atoms with van der Waals surface area (Å²) in [6, 6.07) is 0.0484. The van der Waals surface area contributed by atoms with Crippen molar-refractivity contribution in [3.63, 3.8) is 0 Å². The molecule has 1 fully saturated rings. The molecule has 4 N–H and O–H groups in total. The Bertz CT molecular complexity index is 903. The molecule has 1 amide bonds. The second kappa shape index (κ2) is 6.78. The molecule has 6 nitrogen and oxygen atoms in total. The second-order valence-electron chi connectivity index (χ2n) is 8.06. The molecule has 26 heavy (non-hydrogen) atoms. The van der Waals surface area contributed by atoms with E-state index in [4.69, 9.17) is 10.7 Å². The van der Waals surface area contributed by atoms with Crippen LogP contribution in [0, 0.1) is 11.8 Å². The quantitative estimate of drug-likeness (QED) is 0.746. The number of hydrogen-bond donors (Lipinski definition) is 3. The van der Waals surface area contributed by atoms with Gasteiger partial charge in [-0.2, -0.15) is 0 Å². The Labute approximate surface area is 156 Å². The number of quaternary nitrogens is 1. The van der Waals surface area contributed by atoms with Crippen LogP contribution in [-0.2, 0) is 17.6 Å². The van der Waals surface area contributed by atoms with E-state index in [1.807, 2.05) is 0 Å². The Kier molecular flexibility index (Phi) is 4.61. The third-order valence-corrected chi connectivity index (χ3v) is 7.32. The number of thiophene rings is 1. The van der Waals surface area contributed by atoms with E-state index in [0.29, 0.717) is 5.92 Å². The molecule has 2 aromatic rings. The summed E-state index contributed by atoms with van der Waals surface area (Å²) in [5, 5.41) is 0.802. The highest BCUT2D eigenvalue weighted by molar-refractivity contribution is 7.18. The lowest BCUT2D eigenvalue weighted by atomic mass is 9.89. The number of aryl methyl sites for hydroxylation is 1. The van der Waals surface area contributed by atoms with E-state index in [-0.39, 0.29) is 23.4 Å². The summed E-state index contributed by atoms with van der Waals surface area (Å²) in [6.07, 6.45) is 5.02. The fourth-order valence-electron chi connectivity index (χ4n) is 4.50. The van der Waals surface area contributed by atoms with E-state index in [1.165, 1.54) is 15.3 Å². The number of aromatic nitrogens is 2. The van der Waals surface area contributed by atoms with Crippen molar-refractivity contribution in [2.24, 2.45) is 17.6 Å². The number of primary amides is 1. The summed E-state index contributed by atoms with van der Waals surface area (Å²) in [4.78, 5) is 35.7.